The summed E-state index contributed by atoms with van der Waals surface area (Å²) in [6.45, 7) is 0.815. The van der Waals surface area contributed by atoms with E-state index in [4.69, 9.17) is 16.3 Å². The summed E-state index contributed by atoms with van der Waals surface area (Å²) < 4.78 is 18.7. The lowest BCUT2D eigenvalue weighted by molar-refractivity contribution is 0.386. The summed E-state index contributed by atoms with van der Waals surface area (Å²) in [5.41, 5.74) is 2.13. The number of methoxy groups -OCH3 is 1. The molecule has 1 unspecified atom stereocenters. The molecular weight excluding hydrogens is 289 g/mol. The van der Waals surface area contributed by atoms with Crippen LogP contribution >= 0.6 is 11.6 Å². The fourth-order valence-corrected chi connectivity index (χ4v) is 2.54. The van der Waals surface area contributed by atoms with Gasteiger partial charge in [-0.1, -0.05) is 29.8 Å². The minimum atomic E-state index is -0.325. The highest BCUT2D eigenvalue weighted by molar-refractivity contribution is 6.30. The summed E-state index contributed by atoms with van der Waals surface area (Å²) in [5.74, 6) is 0.213. The van der Waals surface area contributed by atoms with Crippen molar-refractivity contribution >= 4 is 11.6 Å². The van der Waals surface area contributed by atoms with Crippen LogP contribution in [-0.4, -0.2) is 20.7 Å². The lowest BCUT2D eigenvalue weighted by Crippen LogP contribution is -2.19. The fourth-order valence-electron chi connectivity index (χ4n) is 2.41. The largest absolute Gasteiger partial charge is 0.494 e. The van der Waals surface area contributed by atoms with E-state index in [-0.39, 0.29) is 17.5 Å². The van der Waals surface area contributed by atoms with Gasteiger partial charge in [0.15, 0.2) is 11.6 Å². The second-order valence-corrected chi connectivity index (χ2v) is 5.42. The summed E-state index contributed by atoms with van der Waals surface area (Å²) in [7, 11) is 3.38. The minimum absolute atomic E-state index is 0.264. The van der Waals surface area contributed by atoms with Crippen molar-refractivity contribution in [1.82, 2.24) is 5.32 Å². The molecule has 0 heterocycles. The lowest BCUT2D eigenvalue weighted by atomic mass is 9.92. The summed E-state index contributed by atoms with van der Waals surface area (Å²) in [5, 5.41) is 3.91. The van der Waals surface area contributed by atoms with Gasteiger partial charge in [0.25, 0.3) is 0 Å². The van der Waals surface area contributed by atoms with Crippen molar-refractivity contribution in [2.45, 2.75) is 12.3 Å². The Bertz CT molecular complexity index is 586. The predicted octanol–water partition coefficient (Wildman–Crippen LogP) is 4.03. The molecule has 0 saturated heterocycles. The van der Waals surface area contributed by atoms with Crippen LogP contribution in [0.2, 0.25) is 5.02 Å². The molecule has 0 aliphatic heterocycles. The summed E-state index contributed by atoms with van der Waals surface area (Å²) in [6, 6.07) is 12.9. The highest BCUT2D eigenvalue weighted by Crippen LogP contribution is 2.25. The van der Waals surface area contributed by atoms with Crippen LogP contribution in [-0.2, 0) is 6.42 Å². The Labute approximate surface area is 129 Å². The molecule has 2 aromatic rings. The average Bonchev–Trinajstić information content (AvgIpc) is 2.48. The maximum absolute atomic E-state index is 13.8. The summed E-state index contributed by atoms with van der Waals surface area (Å²) in [6.07, 6.45) is 0.753. The molecule has 2 nitrogen and oxygen atoms in total. The molecule has 2 aromatic carbocycles. The van der Waals surface area contributed by atoms with Gasteiger partial charge in [-0.2, -0.15) is 0 Å². The van der Waals surface area contributed by atoms with Crippen LogP contribution in [0.25, 0.3) is 0 Å². The van der Waals surface area contributed by atoms with Gasteiger partial charge in [0.2, 0.25) is 0 Å². The number of benzene rings is 2. The first-order chi connectivity index (χ1) is 10.1. The van der Waals surface area contributed by atoms with Gasteiger partial charge in [0, 0.05) is 17.5 Å². The quantitative estimate of drug-likeness (QED) is 0.870. The molecule has 0 aliphatic carbocycles. The predicted molar refractivity (Wildman–Crippen MR) is 84.8 cm³/mol. The van der Waals surface area contributed by atoms with E-state index in [1.165, 1.54) is 18.7 Å². The Morgan fingerprint density at radius 3 is 2.48 bits per heavy atom. The van der Waals surface area contributed by atoms with Gasteiger partial charge in [0.1, 0.15) is 0 Å². The van der Waals surface area contributed by atoms with E-state index >= 15 is 0 Å². The normalized spacial score (nSPS) is 12.2. The van der Waals surface area contributed by atoms with Gasteiger partial charge >= 0.3 is 0 Å². The number of halogens is 2. The first-order valence-corrected chi connectivity index (χ1v) is 7.24. The van der Waals surface area contributed by atoms with Crippen molar-refractivity contribution in [3.05, 3.63) is 64.4 Å². The third-order valence-electron chi connectivity index (χ3n) is 3.49. The van der Waals surface area contributed by atoms with E-state index in [0.717, 1.165) is 23.6 Å². The minimum Gasteiger partial charge on any atom is -0.494 e. The molecule has 4 heteroatoms. The second-order valence-electron chi connectivity index (χ2n) is 4.98. The Kier molecular flexibility index (Phi) is 5.59. The van der Waals surface area contributed by atoms with Crippen molar-refractivity contribution in [3.63, 3.8) is 0 Å². The molecule has 0 radical (unpaired) electrons. The van der Waals surface area contributed by atoms with Crippen LogP contribution < -0.4 is 10.1 Å². The number of hydrogen-bond donors (Lipinski definition) is 1. The first-order valence-electron chi connectivity index (χ1n) is 6.86. The van der Waals surface area contributed by atoms with Gasteiger partial charge < -0.3 is 10.1 Å². The van der Waals surface area contributed by atoms with Crippen LogP contribution in [0.1, 0.15) is 17.0 Å². The second kappa shape index (κ2) is 7.43. The van der Waals surface area contributed by atoms with E-state index in [2.05, 4.69) is 5.32 Å². The molecule has 0 amide bonds. The molecule has 2 rings (SSSR count). The molecule has 0 bridgehead atoms. The number of ether oxygens (including phenoxy) is 1. The Morgan fingerprint density at radius 1 is 1.19 bits per heavy atom. The van der Waals surface area contributed by atoms with Crippen molar-refractivity contribution in [3.8, 4) is 5.75 Å². The van der Waals surface area contributed by atoms with E-state index in [1.54, 1.807) is 6.07 Å². The Morgan fingerprint density at radius 2 is 1.90 bits per heavy atom. The summed E-state index contributed by atoms with van der Waals surface area (Å²) >= 11 is 5.93. The van der Waals surface area contributed by atoms with Gasteiger partial charge in [0.05, 0.1) is 7.11 Å². The first kappa shape index (κ1) is 15.8. The van der Waals surface area contributed by atoms with Crippen LogP contribution in [0, 0.1) is 5.82 Å². The highest BCUT2D eigenvalue weighted by Gasteiger charge is 2.13. The lowest BCUT2D eigenvalue weighted by Gasteiger charge is -2.17. The van der Waals surface area contributed by atoms with Gasteiger partial charge in [-0.15, -0.1) is 0 Å². The van der Waals surface area contributed by atoms with Gasteiger partial charge in [-0.3, -0.25) is 0 Å². The Balaban J connectivity index is 2.19. The standard InChI is InChI=1S/C17H19ClFNO/c1-20-11-14(13-4-6-15(18)7-5-13)9-12-3-8-17(21-2)16(19)10-12/h3-8,10,14,20H,9,11H2,1-2H3. The Hall–Kier alpha value is -1.58. The van der Waals surface area contributed by atoms with Crippen LogP contribution in [0.4, 0.5) is 4.39 Å². The maximum Gasteiger partial charge on any atom is 0.165 e. The monoisotopic (exact) mass is 307 g/mol. The van der Waals surface area contributed by atoms with Crippen molar-refractivity contribution < 1.29 is 9.13 Å². The van der Waals surface area contributed by atoms with Crippen LogP contribution in [0.3, 0.4) is 0 Å². The fraction of sp³-hybridized carbons (Fsp3) is 0.294. The molecule has 21 heavy (non-hydrogen) atoms. The van der Waals surface area contributed by atoms with Gasteiger partial charge in [-0.25, -0.2) is 4.39 Å². The molecule has 1 N–H and O–H groups in total. The number of nitrogens with one attached hydrogen (secondary N) is 1. The third-order valence-corrected chi connectivity index (χ3v) is 3.74. The maximum atomic E-state index is 13.8. The van der Waals surface area contributed by atoms with E-state index < -0.39 is 0 Å². The van der Waals surface area contributed by atoms with Crippen molar-refractivity contribution in [2.75, 3.05) is 20.7 Å². The highest BCUT2D eigenvalue weighted by atomic mass is 35.5. The summed E-state index contributed by atoms with van der Waals surface area (Å²) in [4.78, 5) is 0. The molecule has 0 aromatic heterocycles. The number of rotatable bonds is 6. The molecule has 0 saturated carbocycles. The molecule has 0 spiro atoms. The third kappa shape index (κ3) is 4.19. The molecule has 112 valence electrons. The number of likely N-dealkylation sites (N-methyl/N-ethyl adjacent to an activating group) is 1. The molecule has 0 fully saturated rings. The SMILES string of the molecule is CNCC(Cc1ccc(OC)c(F)c1)c1ccc(Cl)cc1. The van der Waals surface area contributed by atoms with Crippen LogP contribution in [0.15, 0.2) is 42.5 Å². The zero-order valence-corrected chi connectivity index (χ0v) is 13.0. The molecule has 1 atom stereocenters. The van der Waals surface area contributed by atoms with E-state index in [9.17, 15) is 4.39 Å². The van der Waals surface area contributed by atoms with Crippen LogP contribution in [0.5, 0.6) is 5.75 Å². The van der Waals surface area contributed by atoms with Crippen molar-refractivity contribution in [2.24, 2.45) is 0 Å². The zero-order valence-electron chi connectivity index (χ0n) is 12.2. The average molecular weight is 308 g/mol. The van der Waals surface area contributed by atoms with E-state index in [1.807, 2.05) is 37.4 Å². The van der Waals surface area contributed by atoms with Crippen molar-refractivity contribution in [1.29, 1.82) is 0 Å². The zero-order chi connectivity index (χ0) is 15.2. The smallest absolute Gasteiger partial charge is 0.165 e. The van der Waals surface area contributed by atoms with E-state index in [0.29, 0.717) is 0 Å². The molecular formula is C17H19ClFNO. The number of hydrogen-bond acceptors (Lipinski definition) is 2. The topological polar surface area (TPSA) is 21.3 Å². The van der Waals surface area contributed by atoms with Gasteiger partial charge in [-0.05, 0) is 48.9 Å². The molecule has 0 aliphatic rings.